The van der Waals surface area contributed by atoms with Gasteiger partial charge in [-0.25, -0.2) is 9.97 Å². The van der Waals surface area contributed by atoms with Gasteiger partial charge in [0, 0.05) is 18.0 Å². The molecule has 2 N–H and O–H groups in total. The van der Waals surface area contributed by atoms with Gasteiger partial charge in [-0.3, -0.25) is 14.9 Å². The number of carbonyl (C=O) groups is 2. The molecule has 1 aliphatic rings. The number of ether oxygens (including phenoxy) is 1. The van der Waals surface area contributed by atoms with E-state index in [2.05, 4.69) is 20.6 Å². The smallest absolute Gasteiger partial charge is 0.290 e. The first-order chi connectivity index (χ1) is 11.1. The second-order valence-electron chi connectivity index (χ2n) is 4.51. The molecule has 0 aliphatic carbocycles. The summed E-state index contributed by atoms with van der Waals surface area (Å²) in [5, 5.41) is 4.87. The van der Waals surface area contributed by atoms with E-state index in [0.717, 1.165) is 17.4 Å². The number of aromatic nitrogens is 2. The quantitative estimate of drug-likeness (QED) is 0.833. The lowest BCUT2D eigenvalue weighted by Crippen LogP contribution is -2.17. The number of carbonyl (C=O) groups excluding carboxylic acids is 2. The molecule has 3 rings (SSSR count). The van der Waals surface area contributed by atoms with Crippen LogP contribution in [0, 0.1) is 0 Å². The van der Waals surface area contributed by atoms with Crippen LogP contribution in [0.25, 0.3) is 6.08 Å². The highest BCUT2D eigenvalue weighted by Crippen LogP contribution is 2.25. The highest BCUT2D eigenvalue weighted by molar-refractivity contribution is 8.18. The van der Waals surface area contributed by atoms with Crippen LogP contribution in [-0.2, 0) is 4.79 Å². The maximum absolute atomic E-state index is 11.5. The zero-order valence-corrected chi connectivity index (χ0v) is 12.9. The molecule has 2 amide bonds. The van der Waals surface area contributed by atoms with Crippen molar-refractivity contribution in [2.45, 2.75) is 0 Å². The van der Waals surface area contributed by atoms with Gasteiger partial charge in [0.05, 0.1) is 17.7 Å². The van der Waals surface area contributed by atoms with Crippen molar-refractivity contribution in [3.05, 3.63) is 47.1 Å². The number of rotatable bonds is 4. The average Bonchev–Trinajstić information content (AvgIpc) is 2.85. The predicted molar refractivity (Wildman–Crippen MR) is 87.4 cm³/mol. The summed E-state index contributed by atoms with van der Waals surface area (Å²) in [5.74, 6) is 0.675. The second kappa shape index (κ2) is 6.49. The van der Waals surface area contributed by atoms with Crippen LogP contribution in [0.2, 0.25) is 0 Å². The molecule has 1 fully saturated rings. The van der Waals surface area contributed by atoms with E-state index in [-0.39, 0.29) is 5.24 Å². The van der Waals surface area contributed by atoms with E-state index in [1.807, 2.05) is 24.3 Å². The number of hydrogen-bond donors (Lipinski definition) is 2. The van der Waals surface area contributed by atoms with Crippen LogP contribution >= 0.6 is 11.8 Å². The van der Waals surface area contributed by atoms with E-state index in [9.17, 15) is 9.59 Å². The topological polar surface area (TPSA) is 93.2 Å². The summed E-state index contributed by atoms with van der Waals surface area (Å²) in [6.07, 6.45) is 3.12. The summed E-state index contributed by atoms with van der Waals surface area (Å²) in [6, 6.07) is 9.00. The number of thioether (sulfide) groups is 1. The van der Waals surface area contributed by atoms with E-state index in [1.165, 1.54) is 0 Å². The standard InChI is InChI=1S/C15H12N4O3S/c1-22-11-4-2-3-9(7-11)17-14-16-6-5-10(18-14)8-12-13(20)19-15(21)23-12/h2-8H,1H3,(H,16,17,18)(H,19,20,21). The molecule has 23 heavy (non-hydrogen) atoms. The Hall–Kier alpha value is -2.87. The molecule has 7 nitrogen and oxygen atoms in total. The van der Waals surface area contributed by atoms with Crippen molar-refractivity contribution in [1.82, 2.24) is 15.3 Å². The summed E-state index contributed by atoms with van der Waals surface area (Å²) in [6.45, 7) is 0. The number of nitrogens with one attached hydrogen (secondary N) is 2. The highest BCUT2D eigenvalue weighted by Gasteiger charge is 2.25. The molecule has 0 atom stereocenters. The fourth-order valence-electron chi connectivity index (χ4n) is 1.90. The van der Waals surface area contributed by atoms with Crippen LogP contribution in [0.3, 0.4) is 0 Å². The van der Waals surface area contributed by atoms with E-state index in [4.69, 9.17) is 4.74 Å². The van der Waals surface area contributed by atoms with Crippen molar-refractivity contribution < 1.29 is 14.3 Å². The van der Waals surface area contributed by atoms with Gasteiger partial charge in [0.1, 0.15) is 5.75 Å². The lowest BCUT2D eigenvalue weighted by atomic mass is 10.3. The Morgan fingerprint density at radius 1 is 1.30 bits per heavy atom. The van der Waals surface area contributed by atoms with E-state index in [0.29, 0.717) is 22.3 Å². The van der Waals surface area contributed by atoms with Gasteiger partial charge in [-0.2, -0.15) is 0 Å². The van der Waals surface area contributed by atoms with Crippen molar-refractivity contribution in [3.8, 4) is 5.75 Å². The Balaban J connectivity index is 1.81. The Bertz CT molecular complexity index is 807. The molecule has 0 unspecified atom stereocenters. The lowest BCUT2D eigenvalue weighted by molar-refractivity contribution is -0.115. The van der Waals surface area contributed by atoms with Crippen LogP contribution in [0.5, 0.6) is 5.75 Å². The number of methoxy groups -OCH3 is 1. The summed E-state index contributed by atoms with van der Waals surface area (Å²) >= 11 is 0.847. The van der Waals surface area contributed by atoms with E-state index < -0.39 is 5.91 Å². The summed E-state index contributed by atoms with van der Waals surface area (Å²) in [7, 11) is 1.59. The van der Waals surface area contributed by atoms with Gasteiger partial charge >= 0.3 is 0 Å². The van der Waals surface area contributed by atoms with Gasteiger partial charge in [0.2, 0.25) is 5.95 Å². The minimum Gasteiger partial charge on any atom is -0.497 e. The Morgan fingerprint density at radius 3 is 2.91 bits per heavy atom. The fraction of sp³-hybridized carbons (Fsp3) is 0.0667. The van der Waals surface area contributed by atoms with Crippen molar-refractivity contribution in [3.63, 3.8) is 0 Å². The first kappa shape index (κ1) is 15.0. The predicted octanol–water partition coefficient (Wildman–Crippen LogP) is 2.55. The molecular formula is C15H12N4O3S. The molecule has 0 radical (unpaired) electrons. The average molecular weight is 328 g/mol. The van der Waals surface area contributed by atoms with E-state index in [1.54, 1.807) is 25.4 Å². The molecule has 1 aromatic heterocycles. The van der Waals surface area contributed by atoms with E-state index >= 15 is 0 Å². The number of amides is 2. The van der Waals surface area contributed by atoms with Gasteiger partial charge in [-0.05, 0) is 36.0 Å². The third-order valence-electron chi connectivity index (χ3n) is 2.92. The van der Waals surface area contributed by atoms with Crippen LogP contribution < -0.4 is 15.4 Å². The second-order valence-corrected chi connectivity index (χ2v) is 5.53. The largest absolute Gasteiger partial charge is 0.497 e. The number of nitrogens with zero attached hydrogens (tertiary/aromatic N) is 2. The molecule has 1 aliphatic heterocycles. The van der Waals surface area contributed by atoms with Crippen LogP contribution in [-0.4, -0.2) is 28.2 Å². The Labute approximate surface area is 136 Å². The molecule has 0 bridgehead atoms. The number of anilines is 2. The molecule has 2 heterocycles. The lowest BCUT2D eigenvalue weighted by Gasteiger charge is -2.07. The summed E-state index contributed by atoms with van der Waals surface area (Å²) in [4.78, 5) is 31.4. The summed E-state index contributed by atoms with van der Waals surface area (Å²) < 4.78 is 5.16. The molecule has 2 aromatic rings. The molecule has 8 heteroatoms. The van der Waals surface area contributed by atoms with Gasteiger partial charge in [0.15, 0.2) is 0 Å². The first-order valence-electron chi connectivity index (χ1n) is 6.63. The Kier molecular flexibility index (Phi) is 4.24. The first-order valence-corrected chi connectivity index (χ1v) is 7.45. The number of benzene rings is 1. The number of hydrogen-bond acceptors (Lipinski definition) is 7. The molecule has 1 aromatic carbocycles. The molecule has 0 saturated carbocycles. The maximum atomic E-state index is 11.5. The molecule has 116 valence electrons. The third kappa shape index (κ3) is 3.67. The highest BCUT2D eigenvalue weighted by atomic mass is 32.2. The van der Waals surface area contributed by atoms with Crippen LogP contribution in [0.15, 0.2) is 41.4 Å². The SMILES string of the molecule is COc1cccc(Nc2nccc(C=C3SC(=O)NC3=O)n2)c1. The maximum Gasteiger partial charge on any atom is 0.290 e. The third-order valence-corrected chi connectivity index (χ3v) is 3.73. The van der Waals surface area contributed by atoms with Crippen LogP contribution in [0.1, 0.15) is 5.69 Å². The van der Waals surface area contributed by atoms with Crippen molar-refractivity contribution in [2.24, 2.45) is 0 Å². The van der Waals surface area contributed by atoms with Crippen LogP contribution in [0.4, 0.5) is 16.4 Å². The van der Waals surface area contributed by atoms with Crippen molar-refractivity contribution in [1.29, 1.82) is 0 Å². The monoisotopic (exact) mass is 328 g/mol. The Morgan fingerprint density at radius 2 is 2.17 bits per heavy atom. The molecule has 1 saturated heterocycles. The zero-order chi connectivity index (χ0) is 16.2. The van der Waals surface area contributed by atoms with Crippen molar-refractivity contribution >= 4 is 40.6 Å². The van der Waals surface area contributed by atoms with Crippen molar-refractivity contribution in [2.75, 3.05) is 12.4 Å². The van der Waals surface area contributed by atoms with Gasteiger partial charge in [-0.15, -0.1) is 0 Å². The minimum absolute atomic E-state index is 0.307. The number of imide groups is 1. The summed E-state index contributed by atoms with van der Waals surface area (Å²) in [5.41, 5.74) is 1.30. The fourth-order valence-corrected chi connectivity index (χ4v) is 2.57. The normalized spacial score (nSPS) is 15.6. The molecular weight excluding hydrogens is 316 g/mol. The van der Waals surface area contributed by atoms with Gasteiger partial charge in [0.25, 0.3) is 11.1 Å². The minimum atomic E-state index is -0.416. The van der Waals surface area contributed by atoms with Gasteiger partial charge < -0.3 is 10.1 Å². The molecule has 0 spiro atoms. The zero-order valence-electron chi connectivity index (χ0n) is 12.1. The van der Waals surface area contributed by atoms with Gasteiger partial charge in [-0.1, -0.05) is 6.07 Å².